The summed E-state index contributed by atoms with van der Waals surface area (Å²) in [5.41, 5.74) is 0. The summed E-state index contributed by atoms with van der Waals surface area (Å²) in [6.45, 7) is 1.97. The Labute approximate surface area is 131 Å². The molecule has 0 saturated carbocycles. The number of phosphoric ester groups is 1. The van der Waals surface area contributed by atoms with Crippen molar-refractivity contribution in [3.63, 3.8) is 0 Å². The molecule has 0 aliphatic carbocycles. The Bertz CT molecular complexity index is 457. The summed E-state index contributed by atoms with van der Waals surface area (Å²) in [5.74, 6) is -2.42. The maximum Gasteiger partial charge on any atom is 0.525 e. The summed E-state index contributed by atoms with van der Waals surface area (Å²) >= 11 is 0. The monoisotopic (exact) mass is 360 g/mol. The average Bonchev–Trinajstić information content (AvgIpc) is 2.41. The maximum atomic E-state index is 11.6. The van der Waals surface area contributed by atoms with Gasteiger partial charge in [-0.2, -0.15) is 0 Å². The van der Waals surface area contributed by atoms with E-state index in [0.717, 1.165) is 0 Å². The quantitative estimate of drug-likeness (QED) is 0.0983. The fraction of sp³-hybridized carbons (Fsp3) is 0.727. The van der Waals surface area contributed by atoms with E-state index >= 15 is 0 Å². The van der Waals surface area contributed by atoms with Gasteiger partial charge in [-0.05, 0) is 19.9 Å². The van der Waals surface area contributed by atoms with Gasteiger partial charge in [-0.25, -0.2) is 9.36 Å². The smallest absolute Gasteiger partial charge is 0.457 e. The van der Waals surface area contributed by atoms with Crippen molar-refractivity contribution >= 4 is 13.8 Å². The van der Waals surface area contributed by atoms with Crippen molar-refractivity contribution in [2.45, 2.75) is 44.4 Å². The molecule has 0 aliphatic heterocycles. The molecule has 12 heteroatoms. The SMILES string of the molecule is CC(C)OC(=O)/C(=C/[C@@H](O)[C@@H](O)[C@H](O)[C@H](O)CO)OP(=O)(O)O. The molecular weight excluding hydrogens is 339 g/mol. The van der Waals surface area contributed by atoms with E-state index in [0.29, 0.717) is 6.08 Å². The minimum atomic E-state index is -5.17. The highest BCUT2D eigenvalue weighted by atomic mass is 31.2. The summed E-state index contributed by atoms with van der Waals surface area (Å²) in [6.07, 6.45) is -8.20. The Morgan fingerprint density at radius 1 is 1.13 bits per heavy atom. The molecule has 0 rings (SSSR count). The zero-order chi connectivity index (χ0) is 18.4. The Morgan fingerprint density at radius 3 is 2.04 bits per heavy atom. The third-order valence-corrected chi connectivity index (χ3v) is 2.80. The zero-order valence-corrected chi connectivity index (χ0v) is 13.3. The van der Waals surface area contributed by atoms with E-state index in [9.17, 15) is 24.7 Å². The molecule has 136 valence electrons. The Balaban J connectivity index is 5.32. The lowest BCUT2D eigenvalue weighted by Crippen LogP contribution is -2.45. The van der Waals surface area contributed by atoms with Gasteiger partial charge in [-0.3, -0.25) is 9.79 Å². The van der Waals surface area contributed by atoms with Gasteiger partial charge in [0, 0.05) is 0 Å². The lowest BCUT2D eigenvalue weighted by atomic mass is 10.0. The molecule has 0 aromatic carbocycles. The van der Waals surface area contributed by atoms with Crippen molar-refractivity contribution < 1.29 is 53.9 Å². The van der Waals surface area contributed by atoms with Crippen LogP contribution in [0.25, 0.3) is 0 Å². The van der Waals surface area contributed by atoms with Gasteiger partial charge in [0.15, 0.2) is 0 Å². The first-order valence-electron chi connectivity index (χ1n) is 6.40. The lowest BCUT2D eigenvalue weighted by molar-refractivity contribution is -0.145. The highest BCUT2D eigenvalue weighted by Crippen LogP contribution is 2.39. The molecule has 0 aromatic rings. The maximum absolute atomic E-state index is 11.6. The first-order valence-corrected chi connectivity index (χ1v) is 7.93. The van der Waals surface area contributed by atoms with E-state index in [2.05, 4.69) is 9.26 Å². The standard InChI is InChI=1S/C11H21O11P/c1-5(2)21-11(17)8(22-23(18,19)20)3-6(13)9(15)10(16)7(14)4-12/h3,5-7,9-10,12-16H,4H2,1-2H3,(H2,18,19,20)/b8-3-/t6-,7-,9-,10-/m1/s1. The Hall–Kier alpha value is -1.04. The second-order valence-electron chi connectivity index (χ2n) is 4.79. The molecule has 0 saturated heterocycles. The molecule has 0 aromatic heterocycles. The Morgan fingerprint density at radius 2 is 1.65 bits per heavy atom. The van der Waals surface area contributed by atoms with Crippen LogP contribution in [0.4, 0.5) is 0 Å². The van der Waals surface area contributed by atoms with Crippen LogP contribution < -0.4 is 0 Å². The number of hydrogen-bond acceptors (Lipinski definition) is 9. The minimum Gasteiger partial charge on any atom is -0.457 e. The molecule has 0 aliphatic rings. The third kappa shape index (κ3) is 8.39. The fourth-order valence-corrected chi connectivity index (χ4v) is 1.72. The molecule has 11 nitrogen and oxygen atoms in total. The number of aliphatic hydroxyl groups is 5. The van der Waals surface area contributed by atoms with E-state index in [1.54, 1.807) is 0 Å². The highest BCUT2D eigenvalue weighted by Gasteiger charge is 2.32. The summed E-state index contributed by atoms with van der Waals surface area (Å²) in [5, 5.41) is 46.5. The Kier molecular flexibility index (Phi) is 8.88. The predicted molar refractivity (Wildman–Crippen MR) is 73.6 cm³/mol. The van der Waals surface area contributed by atoms with Crippen molar-refractivity contribution in [3.05, 3.63) is 11.8 Å². The topological polar surface area (TPSA) is 194 Å². The van der Waals surface area contributed by atoms with Crippen LogP contribution in [0.5, 0.6) is 0 Å². The van der Waals surface area contributed by atoms with Crippen molar-refractivity contribution in [1.82, 2.24) is 0 Å². The second kappa shape index (κ2) is 9.30. The fourth-order valence-electron chi connectivity index (χ4n) is 1.33. The molecule has 0 bridgehead atoms. The van der Waals surface area contributed by atoms with Crippen LogP contribution in [-0.2, 0) is 18.6 Å². The van der Waals surface area contributed by atoms with Gasteiger partial charge >= 0.3 is 13.8 Å². The van der Waals surface area contributed by atoms with Crippen LogP contribution in [0, 0.1) is 0 Å². The predicted octanol–water partition coefficient (Wildman–Crippen LogP) is -2.63. The second-order valence-corrected chi connectivity index (χ2v) is 5.95. The third-order valence-electron chi connectivity index (χ3n) is 2.36. The van der Waals surface area contributed by atoms with Crippen LogP contribution in [0.3, 0.4) is 0 Å². The molecule has 0 fully saturated rings. The number of esters is 1. The number of aliphatic hydroxyl groups excluding tert-OH is 5. The van der Waals surface area contributed by atoms with Crippen LogP contribution in [0.15, 0.2) is 11.8 Å². The van der Waals surface area contributed by atoms with Gasteiger partial charge in [-0.15, -0.1) is 0 Å². The molecule has 4 atom stereocenters. The number of hydrogen-bond donors (Lipinski definition) is 7. The largest absolute Gasteiger partial charge is 0.525 e. The van der Waals surface area contributed by atoms with E-state index in [4.69, 9.17) is 20.0 Å². The summed E-state index contributed by atoms with van der Waals surface area (Å²) in [6, 6.07) is 0. The summed E-state index contributed by atoms with van der Waals surface area (Å²) in [4.78, 5) is 29.1. The average molecular weight is 360 g/mol. The normalized spacial score (nSPS) is 18.3. The molecule has 0 unspecified atom stereocenters. The van der Waals surface area contributed by atoms with Gasteiger partial charge < -0.3 is 34.8 Å². The van der Waals surface area contributed by atoms with E-state index in [1.165, 1.54) is 13.8 Å². The number of phosphoric acid groups is 1. The van der Waals surface area contributed by atoms with Crippen molar-refractivity contribution in [1.29, 1.82) is 0 Å². The molecule has 0 radical (unpaired) electrons. The number of ether oxygens (including phenoxy) is 1. The van der Waals surface area contributed by atoms with Gasteiger partial charge in [-0.1, -0.05) is 0 Å². The number of carbonyl (C=O) groups excluding carboxylic acids is 1. The molecule has 7 N–H and O–H groups in total. The van der Waals surface area contributed by atoms with Crippen molar-refractivity contribution in [3.8, 4) is 0 Å². The highest BCUT2D eigenvalue weighted by molar-refractivity contribution is 7.46. The minimum absolute atomic E-state index is 0.405. The van der Waals surface area contributed by atoms with E-state index in [-0.39, 0.29) is 0 Å². The summed E-state index contributed by atoms with van der Waals surface area (Å²) < 4.78 is 19.6. The molecule has 0 spiro atoms. The van der Waals surface area contributed by atoms with Gasteiger partial charge in [0.25, 0.3) is 0 Å². The first kappa shape index (κ1) is 22.0. The molecule has 0 heterocycles. The van der Waals surface area contributed by atoms with Crippen molar-refractivity contribution in [2.24, 2.45) is 0 Å². The van der Waals surface area contributed by atoms with Crippen molar-refractivity contribution in [2.75, 3.05) is 6.61 Å². The molecular formula is C11H21O11P. The molecule has 0 amide bonds. The van der Waals surface area contributed by atoms with Crippen LogP contribution >= 0.6 is 7.82 Å². The lowest BCUT2D eigenvalue weighted by Gasteiger charge is -2.24. The number of rotatable bonds is 9. The summed E-state index contributed by atoms with van der Waals surface area (Å²) in [7, 11) is -5.17. The van der Waals surface area contributed by atoms with Crippen LogP contribution in [0.2, 0.25) is 0 Å². The van der Waals surface area contributed by atoms with Gasteiger partial charge in [0.05, 0.1) is 12.7 Å². The van der Waals surface area contributed by atoms with Gasteiger partial charge in [0.1, 0.15) is 24.4 Å². The van der Waals surface area contributed by atoms with E-state index < -0.39 is 56.7 Å². The molecule has 23 heavy (non-hydrogen) atoms. The van der Waals surface area contributed by atoms with Crippen LogP contribution in [-0.4, -0.2) is 78.4 Å². The van der Waals surface area contributed by atoms with E-state index in [1.807, 2.05) is 0 Å². The van der Waals surface area contributed by atoms with Crippen LogP contribution in [0.1, 0.15) is 13.8 Å². The van der Waals surface area contributed by atoms with Gasteiger partial charge in [0.2, 0.25) is 5.76 Å². The number of carbonyl (C=O) groups is 1. The first-order chi connectivity index (χ1) is 10.4. The zero-order valence-electron chi connectivity index (χ0n) is 12.4.